The fraction of sp³-hybridized carbons (Fsp3) is 0.765. The number of rotatable bonds is 4. The van der Waals surface area contributed by atoms with Gasteiger partial charge in [0.1, 0.15) is 0 Å². The second-order valence-corrected chi connectivity index (χ2v) is 7.81. The standard InChI is InChI=1S/C17H27N3OS/c1-13-6-5-9-20(10-13)11-15-12-22-17(18-15)19-16(21)14-7-3-2-4-8-14/h12-14H,2-11H2,1H3,(H,18,19,21)/t13-/m0/s1. The van der Waals surface area contributed by atoms with E-state index in [2.05, 4.69) is 27.5 Å². The Labute approximate surface area is 137 Å². The average Bonchev–Trinajstić information content (AvgIpc) is 2.95. The normalized spacial score (nSPS) is 24.3. The number of nitrogens with zero attached hydrogens (tertiary/aromatic N) is 2. The molecule has 0 spiro atoms. The molecule has 3 rings (SSSR count). The molecule has 2 heterocycles. The first-order valence-corrected chi connectivity index (χ1v) is 9.56. The number of carbonyl (C=O) groups excluding carboxylic acids is 1. The minimum atomic E-state index is 0.173. The Bertz CT molecular complexity index is 496. The Morgan fingerprint density at radius 1 is 1.32 bits per heavy atom. The van der Waals surface area contributed by atoms with Crippen LogP contribution in [0.2, 0.25) is 0 Å². The summed E-state index contributed by atoms with van der Waals surface area (Å²) in [5.74, 6) is 1.16. The largest absolute Gasteiger partial charge is 0.302 e. The van der Waals surface area contributed by atoms with Gasteiger partial charge >= 0.3 is 0 Å². The van der Waals surface area contributed by atoms with Gasteiger partial charge in [-0.1, -0.05) is 26.2 Å². The van der Waals surface area contributed by atoms with Gasteiger partial charge in [0.2, 0.25) is 5.91 Å². The zero-order chi connectivity index (χ0) is 15.4. The van der Waals surface area contributed by atoms with Gasteiger partial charge in [-0.25, -0.2) is 4.98 Å². The lowest BCUT2D eigenvalue weighted by Gasteiger charge is -2.30. The molecular weight excluding hydrogens is 294 g/mol. The highest BCUT2D eigenvalue weighted by molar-refractivity contribution is 7.13. The number of piperidine rings is 1. The Morgan fingerprint density at radius 2 is 2.14 bits per heavy atom. The number of aromatic nitrogens is 1. The van der Waals surface area contributed by atoms with Crippen molar-refractivity contribution in [2.24, 2.45) is 11.8 Å². The van der Waals surface area contributed by atoms with Crippen LogP contribution in [-0.4, -0.2) is 28.9 Å². The second kappa shape index (κ2) is 7.55. The van der Waals surface area contributed by atoms with E-state index in [0.29, 0.717) is 0 Å². The predicted octanol–water partition coefficient (Wildman–Crippen LogP) is 3.89. The van der Waals surface area contributed by atoms with E-state index in [-0.39, 0.29) is 11.8 Å². The van der Waals surface area contributed by atoms with Crippen LogP contribution in [0.5, 0.6) is 0 Å². The van der Waals surface area contributed by atoms with E-state index < -0.39 is 0 Å². The Morgan fingerprint density at radius 3 is 2.91 bits per heavy atom. The van der Waals surface area contributed by atoms with E-state index in [1.165, 1.54) is 45.2 Å². The summed E-state index contributed by atoms with van der Waals surface area (Å²) >= 11 is 1.56. The molecule has 1 N–H and O–H groups in total. The molecule has 1 aliphatic carbocycles. The summed E-state index contributed by atoms with van der Waals surface area (Å²) in [7, 11) is 0. The van der Waals surface area contributed by atoms with Crippen molar-refractivity contribution < 1.29 is 4.79 Å². The molecule has 1 amide bonds. The van der Waals surface area contributed by atoms with Gasteiger partial charge in [-0.15, -0.1) is 11.3 Å². The third-order valence-corrected chi connectivity index (χ3v) is 5.69. The number of hydrogen-bond acceptors (Lipinski definition) is 4. The summed E-state index contributed by atoms with van der Waals surface area (Å²) in [6.45, 7) is 5.58. The first-order chi connectivity index (χ1) is 10.7. The monoisotopic (exact) mass is 321 g/mol. The highest BCUT2D eigenvalue weighted by Gasteiger charge is 2.22. The van der Waals surface area contributed by atoms with Crippen molar-refractivity contribution in [1.29, 1.82) is 0 Å². The van der Waals surface area contributed by atoms with Crippen molar-refractivity contribution in [1.82, 2.24) is 9.88 Å². The Balaban J connectivity index is 1.51. The number of carbonyl (C=O) groups is 1. The minimum absolute atomic E-state index is 0.173. The summed E-state index contributed by atoms with van der Waals surface area (Å²) < 4.78 is 0. The third-order valence-electron chi connectivity index (χ3n) is 4.88. The molecule has 4 nitrogen and oxygen atoms in total. The predicted molar refractivity (Wildman–Crippen MR) is 91.0 cm³/mol. The van der Waals surface area contributed by atoms with Crippen molar-refractivity contribution in [3.8, 4) is 0 Å². The minimum Gasteiger partial charge on any atom is -0.302 e. The lowest BCUT2D eigenvalue weighted by molar-refractivity contribution is -0.120. The molecule has 5 heteroatoms. The van der Waals surface area contributed by atoms with E-state index in [9.17, 15) is 4.79 Å². The van der Waals surface area contributed by atoms with Crippen LogP contribution in [0, 0.1) is 11.8 Å². The Hall–Kier alpha value is -0.940. The lowest BCUT2D eigenvalue weighted by Crippen LogP contribution is -2.33. The molecule has 2 fully saturated rings. The van der Waals surface area contributed by atoms with E-state index in [1.54, 1.807) is 11.3 Å². The number of thiazole rings is 1. The molecule has 1 aromatic rings. The number of hydrogen-bond donors (Lipinski definition) is 1. The zero-order valence-electron chi connectivity index (χ0n) is 13.5. The molecule has 1 aromatic heterocycles. The summed E-state index contributed by atoms with van der Waals surface area (Å²) in [6.07, 6.45) is 8.36. The van der Waals surface area contributed by atoms with Gasteiger partial charge in [-0.3, -0.25) is 9.69 Å². The molecule has 1 aliphatic heterocycles. The molecule has 22 heavy (non-hydrogen) atoms. The maximum Gasteiger partial charge on any atom is 0.229 e. The van der Waals surface area contributed by atoms with Gasteiger partial charge < -0.3 is 5.32 Å². The van der Waals surface area contributed by atoms with Crippen molar-refractivity contribution >= 4 is 22.4 Å². The number of anilines is 1. The maximum absolute atomic E-state index is 12.3. The average molecular weight is 321 g/mol. The SMILES string of the molecule is C[C@H]1CCCN(Cc2csc(NC(=O)C3CCCCC3)n2)C1. The number of likely N-dealkylation sites (tertiary alicyclic amines) is 1. The van der Waals surface area contributed by atoms with Crippen LogP contribution in [-0.2, 0) is 11.3 Å². The smallest absolute Gasteiger partial charge is 0.229 e. The zero-order valence-corrected chi connectivity index (χ0v) is 14.3. The molecular formula is C17H27N3OS. The van der Waals surface area contributed by atoms with Gasteiger partial charge in [0.05, 0.1) is 5.69 Å². The molecule has 122 valence electrons. The van der Waals surface area contributed by atoms with Crippen LogP contribution >= 0.6 is 11.3 Å². The molecule has 2 aliphatic rings. The van der Waals surface area contributed by atoms with Gasteiger partial charge in [0.25, 0.3) is 0 Å². The molecule has 1 atom stereocenters. The van der Waals surface area contributed by atoms with Crippen molar-refractivity contribution in [2.75, 3.05) is 18.4 Å². The van der Waals surface area contributed by atoms with Crippen molar-refractivity contribution in [3.63, 3.8) is 0 Å². The fourth-order valence-electron chi connectivity index (χ4n) is 3.67. The maximum atomic E-state index is 12.3. The quantitative estimate of drug-likeness (QED) is 0.915. The van der Waals surface area contributed by atoms with Gasteiger partial charge in [-0.05, 0) is 38.1 Å². The van der Waals surface area contributed by atoms with Crippen LogP contribution in [0.25, 0.3) is 0 Å². The second-order valence-electron chi connectivity index (χ2n) is 6.95. The van der Waals surface area contributed by atoms with Gasteiger partial charge in [0.15, 0.2) is 5.13 Å². The van der Waals surface area contributed by atoms with Crippen LogP contribution in [0.15, 0.2) is 5.38 Å². The lowest BCUT2D eigenvalue weighted by atomic mass is 9.89. The number of nitrogens with one attached hydrogen (secondary N) is 1. The Kier molecular flexibility index (Phi) is 5.47. The van der Waals surface area contributed by atoms with E-state index >= 15 is 0 Å². The molecule has 0 bridgehead atoms. The first-order valence-electron chi connectivity index (χ1n) is 8.68. The van der Waals surface area contributed by atoms with Crippen molar-refractivity contribution in [2.45, 2.75) is 58.4 Å². The fourth-order valence-corrected chi connectivity index (χ4v) is 4.37. The molecule has 1 saturated heterocycles. The van der Waals surface area contributed by atoms with E-state index in [0.717, 1.165) is 36.1 Å². The third kappa shape index (κ3) is 4.29. The topological polar surface area (TPSA) is 45.2 Å². The van der Waals surface area contributed by atoms with E-state index in [4.69, 9.17) is 0 Å². The molecule has 1 saturated carbocycles. The van der Waals surface area contributed by atoms with Crippen LogP contribution < -0.4 is 5.32 Å². The van der Waals surface area contributed by atoms with Crippen LogP contribution in [0.3, 0.4) is 0 Å². The summed E-state index contributed by atoms with van der Waals surface area (Å²) in [5, 5.41) is 5.89. The van der Waals surface area contributed by atoms with Crippen LogP contribution in [0.1, 0.15) is 57.6 Å². The summed E-state index contributed by atoms with van der Waals surface area (Å²) in [6, 6.07) is 0. The summed E-state index contributed by atoms with van der Waals surface area (Å²) in [4.78, 5) is 19.3. The van der Waals surface area contributed by atoms with Gasteiger partial charge in [0, 0.05) is 24.4 Å². The highest BCUT2D eigenvalue weighted by atomic mass is 32.1. The molecule has 0 aromatic carbocycles. The van der Waals surface area contributed by atoms with Crippen LogP contribution in [0.4, 0.5) is 5.13 Å². The molecule has 0 radical (unpaired) electrons. The summed E-state index contributed by atoms with van der Waals surface area (Å²) in [5.41, 5.74) is 1.10. The number of amides is 1. The molecule has 0 unspecified atom stereocenters. The highest BCUT2D eigenvalue weighted by Crippen LogP contribution is 2.26. The van der Waals surface area contributed by atoms with Gasteiger partial charge in [-0.2, -0.15) is 0 Å². The van der Waals surface area contributed by atoms with Crippen molar-refractivity contribution in [3.05, 3.63) is 11.1 Å². The van der Waals surface area contributed by atoms with E-state index in [1.807, 2.05) is 0 Å². The first kappa shape index (κ1) is 15.9.